The molecule has 0 fully saturated rings. The molecule has 2 aromatic carbocycles. The third-order valence-corrected chi connectivity index (χ3v) is 7.62. The first-order valence-electron chi connectivity index (χ1n) is 10.5. The third kappa shape index (κ3) is 6.46. The lowest BCUT2D eigenvalue weighted by Crippen LogP contribution is -2.24. The van der Waals surface area contributed by atoms with Gasteiger partial charge in [-0.05, 0) is 44.8 Å². The zero-order valence-corrected chi connectivity index (χ0v) is 21.2. The fourth-order valence-corrected chi connectivity index (χ4v) is 5.08. The minimum Gasteiger partial charge on any atom is -0.309 e. The second kappa shape index (κ2) is 10.2. The van der Waals surface area contributed by atoms with Crippen LogP contribution in [0.1, 0.15) is 23.2 Å². The second-order valence-corrected chi connectivity index (χ2v) is 12.0. The lowest BCUT2D eigenvalue weighted by molar-refractivity contribution is -0.145. The maximum absolute atomic E-state index is 13.9. The van der Waals surface area contributed by atoms with E-state index >= 15 is 0 Å². The Morgan fingerprint density at radius 2 is 1.50 bits per heavy atom. The molecule has 0 aliphatic heterocycles. The van der Waals surface area contributed by atoms with E-state index in [-0.39, 0.29) is 34.7 Å². The molecule has 1 N–H and O–H groups in total. The summed E-state index contributed by atoms with van der Waals surface area (Å²) in [6, 6.07) is 13.0. The summed E-state index contributed by atoms with van der Waals surface area (Å²) < 4.78 is 100. The molecular weight excluding hydrogens is 519 g/mol. The topological polar surface area (TPSA) is 118 Å². The first-order chi connectivity index (χ1) is 16.6. The summed E-state index contributed by atoms with van der Waals surface area (Å²) in [5.41, 5.74) is -0.344. The van der Waals surface area contributed by atoms with Crippen molar-refractivity contribution in [1.82, 2.24) is 14.9 Å². The molecule has 3 rings (SSSR count). The van der Waals surface area contributed by atoms with Crippen LogP contribution in [0.3, 0.4) is 0 Å². The van der Waals surface area contributed by atoms with Crippen molar-refractivity contribution in [3.63, 3.8) is 0 Å². The standard InChI is InChI=1S/C23H24F3N3O5S2/c1-29(2)14-13-18(36(32,33)34)21-19(15-7-5-4-6-8-15)20(27-22(28-21)23(24,25)26)16-9-11-17(12-10-16)35(3,30)31/h4-12,18H,13-14H2,1-3H3,(H,32,33,34). The Bertz CT molecular complexity index is 1440. The molecule has 36 heavy (non-hydrogen) atoms. The van der Waals surface area contributed by atoms with Crippen LogP contribution in [0.2, 0.25) is 0 Å². The van der Waals surface area contributed by atoms with Crippen molar-refractivity contribution in [2.75, 3.05) is 26.9 Å². The Balaban J connectivity index is 2.43. The van der Waals surface area contributed by atoms with Gasteiger partial charge in [0.15, 0.2) is 9.84 Å². The highest BCUT2D eigenvalue weighted by Crippen LogP contribution is 2.41. The molecule has 0 bridgehead atoms. The zero-order valence-electron chi connectivity index (χ0n) is 19.6. The van der Waals surface area contributed by atoms with E-state index in [1.807, 2.05) is 0 Å². The lowest BCUT2D eigenvalue weighted by atomic mass is 9.95. The molecule has 0 aliphatic rings. The van der Waals surface area contributed by atoms with Crippen LogP contribution < -0.4 is 0 Å². The number of hydrogen-bond donors (Lipinski definition) is 1. The van der Waals surface area contributed by atoms with Gasteiger partial charge in [0.05, 0.1) is 16.3 Å². The number of halogens is 3. The Morgan fingerprint density at radius 1 is 0.917 bits per heavy atom. The molecule has 0 spiro atoms. The molecule has 0 saturated heterocycles. The first kappa shape index (κ1) is 27.7. The molecule has 0 radical (unpaired) electrons. The molecule has 1 unspecified atom stereocenters. The number of benzene rings is 2. The van der Waals surface area contributed by atoms with Crippen molar-refractivity contribution in [3.8, 4) is 22.4 Å². The maximum atomic E-state index is 13.9. The van der Waals surface area contributed by atoms with Crippen LogP contribution in [-0.2, 0) is 26.1 Å². The summed E-state index contributed by atoms with van der Waals surface area (Å²) in [6.07, 6.45) is -4.29. The van der Waals surface area contributed by atoms with E-state index in [2.05, 4.69) is 9.97 Å². The summed E-state index contributed by atoms with van der Waals surface area (Å²) in [5.74, 6) is -1.59. The fraction of sp³-hybridized carbons (Fsp3) is 0.304. The normalized spacial score (nSPS) is 13.7. The first-order valence-corrected chi connectivity index (χ1v) is 13.9. The molecule has 0 aliphatic carbocycles. The molecule has 13 heteroatoms. The number of sulfone groups is 1. The van der Waals surface area contributed by atoms with Crippen molar-refractivity contribution >= 4 is 20.0 Å². The van der Waals surface area contributed by atoms with E-state index in [0.29, 0.717) is 5.56 Å². The van der Waals surface area contributed by atoms with E-state index < -0.39 is 42.9 Å². The van der Waals surface area contributed by atoms with Gasteiger partial charge in [-0.3, -0.25) is 4.55 Å². The second-order valence-electron chi connectivity index (χ2n) is 8.41. The Morgan fingerprint density at radius 3 is 1.97 bits per heavy atom. The van der Waals surface area contributed by atoms with Gasteiger partial charge in [-0.2, -0.15) is 21.6 Å². The summed E-state index contributed by atoms with van der Waals surface area (Å²) in [6.45, 7) is 0.127. The van der Waals surface area contributed by atoms with Crippen LogP contribution in [0, 0.1) is 0 Å². The Hall–Kier alpha value is -2.87. The molecule has 1 atom stereocenters. The average molecular weight is 544 g/mol. The quantitative estimate of drug-likeness (QED) is 0.422. The van der Waals surface area contributed by atoms with Crippen molar-refractivity contribution in [1.29, 1.82) is 0 Å². The van der Waals surface area contributed by atoms with Crippen LogP contribution in [0.25, 0.3) is 22.4 Å². The largest absolute Gasteiger partial charge is 0.451 e. The average Bonchev–Trinajstić information content (AvgIpc) is 2.77. The van der Waals surface area contributed by atoms with E-state index in [9.17, 15) is 34.6 Å². The highest BCUT2D eigenvalue weighted by Gasteiger charge is 2.39. The molecule has 194 valence electrons. The predicted molar refractivity (Wildman–Crippen MR) is 128 cm³/mol. The fourth-order valence-electron chi connectivity index (χ4n) is 3.60. The van der Waals surface area contributed by atoms with Gasteiger partial charge in [-0.1, -0.05) is 42.5 Å². The van der Waals surface area contributed by atoms with E-state index in [1.54, 1.807) is 49.3 Å². The van der Waals surface area contributed by atoms with Gasteiger partial charge in [-0.15, -0.1) is 0 Å². The minimum absolute atomic E-state index is 0.0166. The van der Waals surface area contributed by atoms with Crippen molar-refractivity contribution in [2.24, 2.45) is 0 Å². The Labute approximate surface area is 207 Å². The lowest BCUT2D eigenvalue weighted by Gasteiger charge is -2.22. The predicted octanol–water partition coefficient (Wildman–Crippen LogP) is 4.11. The summed E-state index contributed by atoms with van der Waals surface area (Å²) >= 11 is 0. The highest BCUT2D eigenvalue weighted by molar-refractivity contribution is 7.90. The zero-order chi connectivity index (χ0) is 26.9. The third-order valence-electron chi connectivity index (χ3n) is 5.31. The van der Waals surface area contributed by atoms with E-state index in [4.69, 9.17) is 0 Å². The molecule has 0 amide bonds. The molecule has 1 aromatic heterocycles. The minimum atomic E-state index is -5.03. The van der Waals surface area contributed by atoms with Crippen molar-refractivity contribution < 1.29 is 34.6 Å². The van der Waals surface area contributed by atoms with Gasteiger partial charge in [0.2, 0.25) is 5.82 Å². The van der Waals surface area contributed by atoms with Crippen LogP contribution >= 0.6 is 0 Å². The number of aromatic nitrogens is 2. The highest BCUT2D eigenvalue weighted by atomic mass is 32.2. The molecule has 3 aromatic rings. The number of hydrogen-bond acceptors (Lipinski definition) is 7. The van der Waals surface area contributed by atoms with Crippen molar-refractivity contribution in [3.05, 3.63) is 66.1 Å². The van der Waals surface area contributed by atoms with Gasteiger partial charge in [-0.25, -0.2) is 18.4 Å². The van der Waals surface area contributed by atoms with Gasteiger partial charge in [0.25, 0.3) is 10.1 Å². The van der Waals surface area contributed by atoms with Crippen LogP contribution in [-0.4, -0.2) is 63.2 Å². The van der Waals surface area contributed by atoms with Gasteiger partial charge >= 0.3 is 6.18 Å². The SMILES string of the molecule is CN(C)CCC(c1nc(C(F)(F)F)nc(-c2ccc(S(C)(=O)=O)cc2)c1-c1ccccc1)S(=O)(=O)O. The van der Waals surface area contributed by atoms with E-state index in [0.717, 1.165) is 6.26 Å². The molecular formula is C23H24F3N3O5S2. The smallest absolute Gasteiger partial charge is 0.309 e. The Kier molecular flexibility index (Phi) is 7.89. The maximum Gasteiger partial charge on any atom is 0.451 e. The van der Waals surface area contributed by atoms with Gasteiger partial charge in [0, 0.05) is 17.4 Å². The van der Waals surface area contributed by atoms with Crippen LogP contribution in [0.15, 0.2) is 59.5 Å². The van der Waals surface area contributed by atoms with Crippen LogP contribution in [0.5, 0.6) is 0 Å². The summed E-state index contributed by atoms with van der Waals surface area (Å²) in [4.78, 5) is 8.91. The van der Waals surface area contributed by atoms with Crippen molar-refractivity contribution in [2.45, 2.75) is 22.7 Å². The van der Waals surface area contributed by atoms with Gasteiger partial charge in [0.1, 0.15) is 5.25 Å². The summed E-state index contributed by atoms with van der Waals surface area (Å²) in [7, 11) is -5.18. The number of alkyl halides is 3. The van der Waals surface area contributed by atoms with E-state index in [1.165, 1.54) is 24.3 Å². The molecule has 1 heterocycles. The summed E-state index contributed by atoms with van der Waals surface area (Å²) in [5, 5.41) is -1.78. The molecule has 0 saturated carbocycles. The monoisotopic (exact) mass is 543 g/mol. The number of nitrogens with zero attached hydrogens (tertiary/aromatic N) is 3. The molecule has 8 nitrogen and oxygen atoms in total. The van der Waals surface area contributed by atoms with Gasteiger partial charge < -0.3 is 4.90 Å². The van der Waals surface area contributed by atoms with Crippen LogP contribution in [0.4, 0.5) is 13.2 Å². The number of rotatable bonds is 8.